The summed E-state index contributed by atoms with van der Waals surface area (Å²) in [5.74, 6) is -0.312. The first-order valence-corrected chi connectivity index (χ1v) is 7.02. The summed E-state index contributed by atoms with van der Waals surface area (Å²) in [5.41, 5.74) is 3.27. The Kier molecular flexibility index (Phi) is 3.63. The van der Waals surface area contributed by atoms with E-state index in [1.807, 2.05) is 26.0 Å². The Morgan fingerprint density at radius 2 is 1.91 bits per heavy atom. The Bertz CT molecular complexity index is 902. The highest BCUT2D eigenvalue weighted by molar-refractivity contribution is 5.47. The molecule has 5 heteroatoms. The van der Waals surface area contributed by atoms with Crippen molar-refractivity contribution in [2.45, 2.75) is 20.4 Å². The zero-order valence-electron chi connectivity index (χ0n) is 12.4. The molecule has 0 fully saturated rings. The van der Waals surface area contributed by atoms with Gasteiger partial charge in [0.05, 0.1) is 17.9 Å². The Hall–Kier alpha value is -2.69. The van der Waals surface area contributed by atoms with Gasteiger partial charge in [-0.25, -0.2) is 9.37 Å². The Labute approximate surface area is 127 Å². The van der Waals surface area contributed by atoms with Crippen LogP contribution in [-0.2, 0) is 6.54 Å². The van der Waals surface area contributed by atoms with Gasteiger partial charge in [-0.15, -0.1) is 0 Å². The highest BCUT2D eigenvalue weighted by Gasteiger charge is 2.05. The zero-order chi connectivity index (χ0) is 15.7. The molecule has 0 amide bonds. The van der Waals surface area contributed by atoms with Crippen molar-refractivity contribution >= 4 is 11.3 Å². The van der Waals surface area contributed by atoms with Crippen molar-refractivity contribution in [2.75, 3.05) is 5.32 Å². The van der Waals surface area contributed by atoms with Crippen molar-refractivity contribution in [3.8, 4) is 0 Å². The van der Waals surface area contributed by atoms with Crippen molar-refractivity contribution in [1.29, 1.82) is 0 Å². The molecule has 0 saturated carbocycles. The Balaban J connectivity index is 1.88. The lowest BCUT2D eigenvalue weighted by Crippen LogP contribution is -2.17. The fourth-order valence-electron chi connectivity index (χ4n) is 2.30. The van der Waals surface area contributed by atoms with Gasteiger partial charge >= 0.3 is 0 Å². The lowest BCUT2D eigenvalue weighted by molar-refractivity contribution is 0.629. The molecular weight excluding hydrogens is 281 g/mol. The maximum absolute atomic E-state index is 13.8. The zero-order valence-corrected chi connectivity index (χ0v) is 12.4. The molecule has 0 aliphatic carbocycles. The second-order valence-corrected chi connectivity index (χ2v) is 5.36. The van der Waals surface area contributed by atoms with E-state index in [0.29, 0.717) is 23.6 Å². The number of pyridine rings is 1. The number of benzene rings is 1. The summed E-state index contributed by atoms with van der Waals surface area (Å²) >= 11 is 0. The fraction of sp³-hybridized carbons (Fsp3) is 0.176. The van der Waals surface area contributed by atoms with Crippen molar-refractivity contribution in [1.82, 2.24) is 9.38 Å². The maximum Gasteiger partial charge on any atom is 0.258 e. The van der Waals surface area contributed by atoms with Crippen LogP contribution < -0.4 is 10.9 Å². The molecule has 0 spiro atoms. The molecular formula is C17H16FN3O. The number of hydrogen-bond donors (Lipinski definition) is 1. The summed E-state index contributed by atoms with van der Waals surface area (Å²) in [5, 5.41) is 2.97. The molecule has 1 aromatic carbocycles. The summed E-state index contributed by atoms with van der Waals surface area (Å²) in [7, 11) is 0. The van der Waals surface area contributed by atoms with Crippen LogP contribution in [0.3, 0.4) is 0 Å². The van der Waals surface area contributed by atoms with Crippen molar-refractivity contribution in [2.24, 2.45) is 0 Å². The fourth-order valence-corrected chi connectivity index (χ4v) is 2.30. The average molecular weight is 297 g/mol. The number of aromatic nitrogens is 2. The topological polar surface area (TPSA) is 46.4 Å². The molecule has 3 rings (SSSR count). The molecule has 2 heterocycles. The maximum atomic E-state index is 13.8. The van der Waals surface area contributed by atoms with Gasteiger partial charge in [0, 0.05) is 12.3 Å². The summed E-state index contributed by atoms with van der Waals surface area (Å²) in [4.78, 5) is 16.5. The summed E-state index contributed by atoms with van der Waals surface area (Å²) < 4.78 is 15.3. The largest absolute Gasteiger partial charge is 0.377 e. The predicted molar refractivity (Wildman–Crippen MR) is 84.7 cm³/mol. The molecule has 3 aromatic rings. The van der Waals surface area contributed by atoms with Gasteiger partial charge in [-0.05, 0) is 43.2 Å². The number of halogens is 1. The van der Waals surface area contributed by atoms with Crippen molar-refractivity contribution < 1.29 is 4.39 Å². The van der Waals surface area contributed by atoms with E-state index >= 15 is 0 Å². The predicted octanol–water partition coefficient (Wildman–Crippen LogP) is 3.06. The minimum atomic E-state index is -0.312. The number of fused-ring (bicyclic) bond motifs is 1. The van der Waals surface area contributed by atoms with Gasteiger partial charge in [0.2, 0.25) is 0 Å². The standard InChI is InChI=1S/C17H16FN3O/c1-11-3-5-15(14(18)7-11)19-9-13-8-17(22)21-10-12(2)4-6-16(21)20-13/h3-8,10,19H,9H2,1-2H3. The minimum absolute atomic E-state index is 0.144. The van der Waals surface area contributed by atoms with Crippen molar-refractivity contribution in [3.05, 3.63) is 75.6 Å². The highest BCUT2D eigenvalue weighted by Crippen LogP contribution is 2.16. The van der Waals surface area contributed by atoms with Crippen LogP contribution in [-0.4, -0.2) is 9.38 Å². The third-order valence-electron chi connectivity index (χ3n) is 3.45. The molecule has 0 aliphatic heterocycles. The number of rotatable bonds is 3. The van der Waals surface area contributed by atoms with Gasteiger partial charge in [0.25, 0.3) is 5.56 Å². The molecule has 4 nitrogen and oxygen atoms in total. The van der Waals surface area contributed by atoms with Crippen LogP contribution in [0.25, 0.3) is 5.65 Å². The third-order valence-corrected chi connectivity index (χ3v) is 3.45. The molecule has 22 heavy (non-hydrogen) atoms. The van der Waals surface area contributed by atoms with E-state index in [1.165, 1.54) is 16.5 Å². The number of aryl methyl sites for hydroxylation is 2. The quantitative estimate of drug-likeness (QED) is 0.808. The molecule has 0 saturated heterocycles. The second kappa shape index (κ2) is 5.60. The second-order valence-electron chi connectivity index (χ2n) is 5.36. The molecule has 112 valence electrons. The van der Waals surface area contributed by atoms with E-state index in [0.717, 1.165) is 11.1 Å². The molecule has 0 unspecified atom stereocenters. The lowest BCUT2D eigenvalue weighted by Gasteiger charge is -2.09. The molecule has 0 bridgehead atoms. The van der Waals surface area contributed by atoms with Crippen LogP contribution in [0.5, 0.6) is 0 Å². The lowest BCUT2D eigenvalue weighted by atomic mass is 10.2. The Morgan fingerprint density at radius 3 is 2.68 bits per heavy atom. The smallest absolute Gasteiger partial charge is 0.258 e. The minimum Gasteiger partial charge on any atom is -0.377 e. The van der Waals surface area contributed by atoms with Crippen LogP contribution in [0.1, 0.15) is 16.8 Å². The van der Waals surface area contributed by atoms with E-state index in [9.17, 15) is 9.18 Å². The Morgan fingerprint density at radius 1 is 1.14 bits per heavy atom. The van der Waals surface area contributed by atoms with E-state index in [1.54, 1.807) is 18.3 Å². The normalized spacial score (nSPS) is 10.9. The SMILES string of the molecule is Cc1ccc(NCc2cc(=O)n3cc(C)ccc3n2)c(F)c1. The first-order chi connectivity index (χ1) is 10.5. The average Bonchev–Trinajstić information content (AvgIpc) is 2.47. The van der Waals surface area contributed by atoms with Crippen LogP contribution in [0, 0.1) is 19.7 Å². The molecule has 1 N–H and O–H groups in total. The highest BCUT2D eigenvalue weighted by atomic mass is 19.1. The van der Waals surface area contributed by atoms with Gasteiger partial charge in [0.15, 0.2) is 0 Å². The van der Waals surface area contributed by atoms with Crippen LogP contribution >= 0.6 is 0 Å². The van der Waals surface area contributed by atoms with Crippen LogP contribution in [0.15, 0.2) is 47.4 Å². The molecule has 2 aromatic heterocycles. The van der Waals surface area contributed by atoms with Gasteiger partial charge in [0.1, 0.15) is 11.5 Å². The number of hydrogen-bond acceptors (Lipinski definition) is 3. The first kappa shape index (κ1) is 14.3. The number of anilines is 1. The van der Waals surface area contributed by atoms with Gasteiger partial charge < -0.3 is 5.32 Å². The molecule has 0 radical (unpaired) electrons. The first-order valence-electron chi connectivity index (χ1n) is 7.02. The van der Waals surface area contributed by atoms with Crippen LogP contribution in [0.2, 0.25) is 0 Å². The van der Waals surface area contributed by atoms with Crippen LogP contribution in [0.4, 0.5) is 10.1 Å². The summed E-state index contributed by atoms with van der Waals surface area (Å²) in [6.45, 7) is 4.04. The molecule has 0 aliphatic rings. The van der Waals surface area contributed by atoms with E-state index in [-0.39, 0.29) is 11.4 Å². The number of nitrogens with zero attached hydrogens (tertiary/aromatic N) is 2. The summed E-state index contributed by atoms with van der Waals surface area (Å²) in [6, 6.07) is 10.1. The van der Waals surface area contributed by atoms with E-state index in [4.69, 9.17) is 0 Å². The van der Waals surface area contributed by atoms with Crippen molar-refractivity contribution in [3.63, 3.8) is 0 Å². The summed E-state index contributed by atoms with van der Waals surface area (Å²) in [6.07, 6.45) is 1.75. The molecule has 0 atom stereocenters. The van der Waals surface area contributed by atoms with Gasteiger partial charge in [-0.3, -0.25) is 9.20 Å². The van der Waals surface area contributed by atoms with Gasteiger partial charge in [-0.2, -0.15) is 0 Å². The van der Waals surface area contributed by atoms with E-state index in [2.05, 4.69) is 10.3 Å². The third kappa shape index (κ3) is 2.83. The monoisotopic (exact) mass is 297 g/mol. The van der Waals surface area contributed by atoms with E-state index < -0.39 is 0 Å². The van der Waals surface area contributed by atoms with Gasteiger partial charge in [-0.1, -0.05) is 12.1 Å². The number of nitrogens with one attached hydrogen (secondary N) is 1.